The third-order valence-electron chi connectivity index (χ3n) is 4.79. The van der Waals surface area contributed by atoms with Crippen LogP contribution in [-0.2, 0) is 0 Å². The van der Waals surface area contributed by atoms with Crippen LogP contribution in [0.2, 0.25) is 0 Å². The van der Waals surface area contributed by atoms with E-state index in [1.807, 2.05) is 36.9 Å². The summed E-state index contributed by atoms with van der Waals surface area (Å²) in [6, 6.07) is 14.4. The second-order valence-electron chi connectivity index (χ2n) is 7.37. The molecule has 148 valence electrons. The van der Waals surface area contributed by atoms with Gasteiger partial charge < -0.3 is 15.0 Å². The van der Waals surface area contributed by atoms with Crippen LogP contribution in [0, 0.1) is 0 Å². The van der Waals surface area contributed by atoms with Gasteiger partial charge in [-0.05, 0) is 51.0 Å². The van der Waals surface area contributed by atoms with Crippen LogP contribution >= 0.6 is 0 Å². The van der Waals surface area contributed by atoms with Crippen LogP contribution < -0.4 is 10.1 Å². The molecule has 0 aliphatic carbocycles. The molecule has 2 aromatic rings. The number of nitrogens with zero attached hydrogens (tertiary/aromatic N) is 1. The Kier molecular flexibility index (Phi) is 6.69. The van der Waals surface area contributed by atoms with Crippen molar-refractivity contribution in [2.45, 2.75) is 45.6 Å². The van der Waals surface area contributed by atoms with E-state index in [2.05, 4.69) is 5.32 Å². The van der Waals surface area contributed by atoms with Gasteiger partial charge in [-0.25, -0.2) is 0 Å². The maximum Gasteiger partial charge on any atom is 0.259 e. The van der Waals surface area contributed by atoms with Gasteiger partial charge in [-0.15, -0.1) is 0 Å². The largest absolute Gasteiger partial charge is 0.490 e. The summed E-state index contributed by atoms with van der Waals surface area (Å²) in [5, 5.41) is 2.91. The number of hydrogen-bond acceptors (Lipinski definition) is 3. The summed E-state index contributed by atoms with van der Waals surface area (Å²) in [7, 11) is 0. The zero-order valence-electron chi connectivity index (χ0n) is 16.6. The molecule has 0 spiro atoms. The Balaban J connectivity index is 1.82. The molecule has 1 N–H and O–H groups in total. The van der Waals surface area contributed by atoms with E-state index < -0.39 is 0 Å². The van der Waals surface area contributed by atoms with Crippen molar-refractivity contribution in [1.82, 2.24) is 4.90 Å². The summed E-state index contributed by atoms with van der Waals surface area (Å²) in [5.41, 5.74) is 1.51. The lowest BCUT2D eigenvalue weighted by molar-refractivity contribution is 0.0762. The van der Waals surface area contributed by atoms with Crippen molar-refractivity contribution >= 4 is 17.5 Å². The fourth-order valence-corrected chi connectivity index (χ4v) is 3.42. The highest BCUT2D eigenvalue weighted by Gasteiger charge is 2.21. The van der Waals surface area contributed by atoms with Gasteiger partial charge in [-0.2, -0.15) is 0 Å². The van der Waals surface area contributed by atoms with Gasteiger partial charge in [0.1, 0.15) is 5.75 Å². The monoisotopic (exact) mass is 380 g/mol. The first-order chi connectivity index (χ1) is 13.6. The first-order valence-electron chi connectivity index (χ1n) is 10.0. The Bertz CT molecular complexity index is 824. The highest BCUT2D eigenvalue weighted by atomic mass is 16.5. The van der Waals surface area contributed by atoms with Crippen LogP contribution in [0.5, 0.6) is 5.75 Å². The molecule has 0 aromatic heterocycles. The van der Waals surface area contributed by atoms with E-state index in [0.717, 1.165) is 38.8 Å². The molecule has 5 nitrogen and oxygen atoms in total. The third kappa shape index (κ3) is 4.91. The molecule has 0 bridgehead atoms. The zero-order valence-corrected chi connectivity index (χ0v) is 16.6. The number of nitrogens with one attached hydrogen (secondary N) is 1. The molecule has 0 saturated carbocycles. The number of likely N-dealkylation sites (tertiary alicyclic amines) is 1. The molecule has 0 radical (unpaired) electrons. The number of amides is 2. The number of carbonyl (C=O) groups is 2. The summed E-state index contributed by atoms with van der Waals surface area (Å²) in [6.45, 7) is 5.38. The quantitative estimate of drug-likeness (QED) is 0.815. The van der Waals surface area contributed by atoms with E-state index in [-0.39, 0.29) is 17.9 Å². The van der Waals surface area contributed by atoms with E-state index in [9.17, 15) is 9.59 Å². The van der Waals surface area contributed by atoms with Crippen LogP contribution in [0.25, 0.3) is 0 Å². The van der Waals surface area contributed by atoms with Crippen LogP contribution in [-0.4, -0.2) is 35.9 Å². The first-order valence-corrected chi connectivity index (χ1v) is 10.0. The molecule has 5 heteroatoms. The molecule has 2 amide bonds. The lowest BCUT2D eigenvalue weighted by atomic mass is 10.1. The van der Waals surface area contributed by atoms with Gasteiger partial charge in [0.2, 0.25) is 0 Å². The molecular formula is C23H28N2O3. The van der Waals surface area contributed by atoms with Crippen molar-refractivity contribution in [3.63, 3.8) is 0 Å². The topological polar surface area (TPSA) is 58.6 Å². The normalized spacial score (nSPS) is 14.5. The second kappa shape index (κ2) is 9.40. The van der Waals surface area contributed by atoms with Gasteiger partial charge >= 0.3 is 0 Å². The fourth-order valence-electron chi connectivity index (χ4n) is 3.42. The van der Waals surface area contributed by atoms with Crippen molar-refractivity contribution in [3.05, 3.63) is 59.7 Å². The minimum absolute atomic E-state index is 0.0236. The highest BCUT2D eigenvalue weighted by Crippen LogP contribution is 2.24. The number of anilines is 1. The molecule has 1 heterocycles. The van der Waals surface area contributed by atoms with Crippen molar-refractivity contribution in [3.8, 4) is 5.75 Å². The number of para-hydroxylation sites is 2. The minimum atomic E-state index is -0.285. The van der Waals surface area contributed by atoms with Crippen molar-refractivity contribution in [2.75, 3.05) is 18.4 Å². The molecule has 1 saturated heterocycles. The third-order valence-corrected chi connectivity index (χ3v) is 4.79. The van der Waals surface area contributed by atoms with Crippen LogP contribution in [0.1, 0.15) is 60.2 Å². The zero-order chi connectivity index (χ0) is 19.9. The highest BCUT2D eigenvalue weighted by molar-refractivity contribution is 6.10. The smallest absolute Gasteiger partial charge is 0.259 e. The number of hydrogen-bond donors (Lipinski definition) is 1. The van der Waals surface area contributed by atoms with Crippen LogP contribution in [0.3, 0.4) is 0 Å². The van der Waals surface area contributed by atoms with Crippen molar-refractivity contribution in [1.29, 1.82) is 0 Å². The molecule has 1 aliphatic heterocycles. The SMILES string of the molecule is CC(C)Oc1ccccc1C(=O)Nc1ccccc1C(=O)N1CCCCCC1. The van der Waals surface area contributed by atoms with E-state index >= 15 is 0 Å². The Morgan fingerprint density at radius 1 is 0.893 bits per heavy atom. The van der Waals surface area contributed by atoms with Gasteiger partial charge in [0.05, 0.1) is 22.9 Å². The Morgan fingerprint density at radius 3 is 2.18 bits per heavy atom. The first kappa shape index (κ1) is 19.9. The van der Waals surface area contributed by atoms with Gasteiger partial charge in [-0.3, -0.25) is 9.59 Å². The molecule has 3 rings (SSSR count). The second-order valence-corrected chi connectivity index (χ2v) is 7.37. The fraction of sp³-hybridized carbons (Fsp3) is 0.391. The molecule has 2 aromatic carbocycles. The maximum atomic E-state index is 13.1. The van der Waals surface area contributed by atoms with E-state index in [0.29, 0.717) is 22.6 Å². The van der Waals surface area contributed by atoms with Gasteiger partial charge in [-0.1, -0.05) is 37.1 Å². The minimum Gasteiger partial charge on any atom is -0.490 e. The van der Waals surface area contributed by atoms with E-state index in [1.54, 1.807) is 30.3 Å². The summed E-state index contributed by atoms with van der Waals surface area (Å²) >= 11 is 0. The van der Waals surface area contributed by atoms with E-state index in [4.69, 9.17) is 4.74 Å². The van der Waals surface area contributed by atoms with Gasteiger partial charge in [0.25, 0.3) is 11.8 Å². The molecule has 28 heavy (non-hydrogen) atoms. The lowest BCUT2D eigenvalue weighted by Crippen LogP contribution is -2.32. The lowest BCUT2D eigenvalue weighted by Gasteiger charge is -2.22. The number of rotatable bonds is 5. The van der Waals surface area contributed by atoms with Gasteiger partial charge in [0, 0.05) is 13.1 Å². The molecule has 0 unspecified atom stereocenters. The Morgan fingerprint density at radius 2 is 1.50 bits per heavy atom. The molecular weight excluding hydrogens is 352 g/mol. The number of carbonyl (C=O) groups excluding carboxylic acids is 2. The summed E-state index contributed by atoms with van der Waals surface area (Å²) in [5.74, 6) is 0.225. The van der Waals surface area contributed by atoms with Crippen molar-refractivity contribution < 1.29 is 14.3 Å². The maximum absolute atomic E-state index is 13.1. The molecule has 1 aliphatic rings. The number of ether oxygens (including phenoxy) is 1. The molecule has 0 atom stereocenters. The average Bonchev–Trinajstić information content (AvgIpc) is 2.97. The van der Waals surface area contributed by atoms with Crippen molar-refractivity contribution in [2.24, 2.45) is 0 Å². The predicted octanol–water partition coefficient (Wildman–Crippen LogP) is 4.74. The van der Waals surface area contributed by atoms with Crippen LogP contribution in [0.15, 0.2) is 48.5 Å². The van der Waals surface area contributed by atoms with Crippen LogP contribution in [0.4, 0.5) is 5.69 Å². The summed E-state index contributed by atoms with van der Waals surface area (Å²) in [4.78, 5) is 27.9. The standard InChI is InChI=1S/C23H28N2O3/c1-17(2)28-21-14-8-6-12-19(21)22(26)24-20-13-7-5-11-18(20)23(27)25-15-9-3-4-10-16-25/h5-8,11-14,17H,3-4,9-10,15-16H2,1-2H3,(H,24,26). The summed E-state index contributed by atoms with van der Waals surface area (Å²) < 4.78 is 5.75. The Hall–Kier alpha value is -2.82. The summed E-state index contributed by atoms with van der Waals surface area (Å²) in [6.07, 6.45) is 4.34. The average molecular weight is 380 g/mol. The molecule has 1 fully saturated rings. The Labute approximate surface area is 166 Å². The van der Waals surface area contributed by atoms with E-state index in [1.165, 1.54) is 0 Å². The number of benzene rings is 2. The predicted molar refractivity (Wildman–Crippen MR) is 111 cm³/mol. The van der Waals surface area contributed by atoms with Gasteiger partial charge in [0.15, 0.2) is 0 Å².